The molecule has 3 N–H and O–H groups in total. The number of hydrogen-bond donors (Lipinski definition) is 3. The number of likely N-dealkylation sites (N-methyl/N-ethyl adjacent to an activating group) is 2. The molecule has 7 heterocycles. The molecule has 1 unspecified atom stereocenters. The molecule has 0 saturated carbocycles. The summed E-state index contributed by atoms with van der Waals surface area (Å²) in [6.07, 6.45) is 1.77. The Labute approximate surface area is 584 Å². The van der Waals surface area contributed by atoms with E-state index in [4.69, 9.17) is 19.2 Å². The van der Waals surface area contributed by atoms with Crippen LogP contribution in [-0.2, 0) is 18.3 Å². The Balaban J connectivity index is 0.000000114. The Hall–Kier alpha value is -11.9. The molecule has 1 atom stereocenters. The van der Waals surface area contributed by atoms with Crippen LogP contribution in [0.4, 0.5) is 5.95 Å². The standard InChI is InChI=1S/C18H21N3O2.C16H16N4O2.C15H12N2O3.C14H12N2O3.C13H10N2O3/c1-11(2)18-19-14-12-7-5-6-8-13(12)16(22)17(23)15(14)21(18)10-9-20(3)4;1-19-6-8-20(9-7-19)16-17-12-10-4-2-3-5-11(10)14(21)15(22)13(12)18-16;18-13-9-5-2-1-4-8(9)11-12(14(13)19)17-15(16-11)10-6-3-7-20-10;1-3-19-14-15-10-8-6-4-5-7-9(8)12(17)13(18)11(10)16(14)2;1-2-18-13-14-9-7-5-3-4-6-8(7)11(16)12(17)10(9)15-13/h5-8,11H,9-10H2,1-4H3;2-5H,6-9H2,1H3,(H,17,18);1-2,4-5,10H,3,6-7H2,(H,16,17);4-7H,3H2,1-2H3;3-6H,2H2,1H3,(H,14,15). The third-order valence-electron chi connectivity index (χ3n) is 18.3. The van der Waals surface area contributed by atoms with E-state index < -0.39 is 57.8 Å². The van der Waals surface area contributed by atoms with E-state index in [1.165, 1.54) is 4.57 Å². The molecule has 2 saturated heterocycles. The first-order valence-corrected chi connectivity index (χ1v) is 33.5. The van der Waals surface area contributed by atoms with Crippen LogP contribution in [0.2, 0.25) is 0 Å². The molecule has 2 fully saturated rings. The highest BCUT2D eigenvalue weighted by molar-refractivity contribution is 6.55. The smallest absolute Gasteiger partial charge is 0.297 e. The van der Waals surface area contributed by atoms with Crippen molar-refractivity contribution in [1.29, 1.82) is 0 Å². The summed E-state index contributed by atoms with van der Waals surface area (Å²) in [5, 5.41) is 0. The van der Waals surface area contributed by atoms with Crippen LogP contribution in [0, 0.1) is 0 Å². The van der Waals surface area contributed by atoms with Crippen molar-refractivity contribution in [1.82, 2.24) is 58.8 Å². The van der Waals surface area contributed by atoms with Crippen LogP contribution in [0.15, 0.2) is 121 Å². The maximum atomic E-state index is 12.7. The largest absolute Gasteiger partial charge is 0.465 e. The van der Waals surface area contributed by atoms with Crippen molar-refractivity contribution in [3.05, 3.63) is 189 Å². The van der Waals surface area contributed by atoms with Crippen LogP contribution in [0.25, 0.3) is 56.3 Å². The van der Waals surface area contributed by atoms with Crippen LogP contribution < -0.4 is 14.4 Å². The zero-order chi connectivity index (χ0) is 71.9. The number of aromatic amines is 3. The number of aromatic nitrogens is 10. The molecule has 5 aromatic carbocycles. The molecule has 0 amide bonds. The van der Waals surface area contributed by atoms with Crippen LogP contribution in [0.5, 0.6) is 12.0 Å². The second-order valence-corrected chi connectivity index (χ2v) is 25.5. The number of nitrogens with zero attached hydrogens (tertiary/aromatic N) is 10. The van der Waals surface area contributed by atoms with Crippen LogP contribution in [0.1, 0.15) is 168 Å². The van der Waals surface area contributed by atoms with Gasteiger partial charge >= 0.3 is 0 Å². The third-order valence-corrected chi connectivity index (χ3v) is 18.3. The quantitative estimate of drug-likeness (QED) is 0.107. The summed E-state index contributed by atoms with van der Waals surface area (Å²) in [5.41, 5.74) is 10.1. The summed E-state index contributed by atoms with van der Waals surface area (Å²) >= 11 is 0. The first kappa shape index (κ1) is 68.6. The van der Waals surface area contributed by atoms with Gasteiger partial charge in [-0.15, -0.1) is 0 Å². The SMILES string of the molecule is CC(C)c1nc2c(n1CCN(C)C)C(=O)C(=O)c1ccccc1-2.CCOc1nc2c([nH]1)C(=O)C(=O)c1ccccc1-2.CCOc1nc2c(n1C)C(=O)C(=O)c1ccccc1-2.CN1CCN(c2nc3c([nH]2)C(=O)C(=O)c2ccccc2-3)CC1.O=C1C(=O)c2[nH]c(C3CCCO3)nc2-c2ccccc21. The van der Waals surface area contributed by atoms with Crippen LogP contribution in [-0.4, -0.2) is 190 Å². The Morgan fingerprint density at radius 3 is 1.36 bits per heavy atom. The van der Waals surface area contributed by atoms with Crippen LogP contribution in [0.3, 0.4) is 0 Å². The molecule has 102 heavy (non-hydrogen) atoms. The van der Waals surface area contributed by atoms with Gasteiger partial charge in [-0.05, 0) is 47.8 Å². The fraction of sp³-hybridized carbons (Fsp3) is 0.276. The fourth-order valence-electron chi connectivity index (χ4n) is 13.1. The van der Waals surface area contributed by atoms with E-state index >= 15 is 0 Å². The molecule has 26 nitrogen and oxygen atoms in total. The van der Waals surface area contributed by atoms with Gasteiger partial charge < -0.3 is 48.4 Å². The minimum atomic E-state index is -0.567. The minimum absolute atomic E-state index is 0.101. The van der Waals surface area contributed by atoms with E-state index in [-0.39, 0.29) is 23.7 Å². The van der Waals surface area contributed by atoms with Gasteiger partial charge in [0.2, 0.25) is 34.9 Å². The number of ketones is 10. The van der Waals surface area contributed by atoms with Gasteiger partial charge in [0, 0.05) is 114 Å². The fourth-order valence-corrected chi connectivity index (χ4v) is 13.1. The summed E-state index contributed by atoms with van der Waals surface area (Å²) in [6, 6.07) is 36.0. The number of imidazole rings is 5. The number of carbonyl (C=O) groups excluding carboxylic acids is 10. The molecule has 0 bridgehead atoms. The average Bonchev–Trinajstić information content (AvgIpc) is 1.96. The number of piperazine rings is 1. The van der Waals surface area contributed by atoms with Gasteiger partial charge in [-0.25, -0.2) is 15.0 Å². The highest BCUT2D eigenvalue weighted by Gasteiger charge is 2.40. The summed E-state index contributed by atoms with van der Waals surface area (Å²) in [5.74, 6) is -2.58. The Morgan fingerprint density at radius 2 is 0.902 bits per heavy atom. The van der Waals surface area contributed by atoms with Gasteiger partial charge in [-0.1, -0.05) is 135 Å². The van der Waals surface area contributed by atoms with Crippen molar-refractivity contribution in [2.45, 2.75) is 59.1 Å². The maximum Gasteiger partial charge on any atom is 0.297 e. The van der Waals surface area contributed by atoms with Crippen molar-refractivity contribution < 1.29 is 62.2 Å². The zero-order valence-electron chi connectivity index (χ0n) is 57.3. The number of H-pyrrole nitrogens is 3. The first-order valence-electron chi connectivity index (χ1n) is 33.5. The molecule has 0 spiro atoms. The van der Waals surface area contributed by atoms with E-state index in [9.17, 15) is 47.9 Å². The number of nitrogens with one attached hydrogen (secondary N) is 3. The number of carbonyl (C=O) groups is 10. The average molecular weight is 1370 g/mol. The monoisotopic (exact) mass is 1370 g/mol. The van der Waals surface area contributed by atoms with Gasteiger partial charge in [0.1, 0.15) is 74.7 Å². The molecule has 2 aliphatic heterocycles. The lowest BCUT2D eigenvalue weighted by atomic mass is 9.90. The second-order valence-electron chi connectivity index (χ2n) is 25.5. The van der Waals surface area contributed by atoms with Gasteiger partial charge in [0.15, 0.2) is 0 Å². The molecule has 5 aromatic heterocycles. The summed E-state index contributed by atoms with van der Waals surface area (Å²) in [4.78, 5) is 159. The lowest BCUT2D eigenvalue weighted by Gasteiger charge is -2.32. The van der Waals surface area contributed by atoms with E-state index in [2.05, 4.69) is 70.5 Å². The van der Waals surface area contributed by atoms with Crippen LogP contribution >= 0.6 is 0 Å². The van der Waals surface area contributed by atoms with Crippen molar-refractivity contribution in [3.63, 3.8) is 0 Å². The minimum Gasteiger partial charge on any atom is -0.465 e. The molecular formula is C76H71N13O13. The van der Waals surface area contributed by atoms with Gasteiger partial charge in [-0.2, -0.15) is 9.97 Å². The number of rotatable bonds is 10. The van der Waals surface area contributed by atoms with Gasteiger partial charge in [0.05, 0.1) is 13.2 Å². The molecule has 0 radical (unpaired) electrons. The Bertz CT molecular complexity index is 5100. The summed E-state index contributed by atoms with van der Waals surface area (Å²) < 4.78 is 19.6. The molecule has 5 aliphatic carbocycles. The van der Waals surface area contributed by atoms with Gasteiger partial charge in [0.25, 0.3) is 40.9 Å². The lowest BCUT2D eigenvalue weighted by Crippen LogP contribution is -2.44. The summed E-state index contributed by atoms with van der Waals surface area (Å²) in [7, 11) is 7.74. The summed E-state index contributed by atoms with van der Waals surface area (Å²) in [6.45, 7) is 14.4. The Kier molecular flexibility index (Phi) is 19.1. The third kappa shape index (κ3) is 12.5. The van der Waals surface area contributed by atoms with Crippen molar-refractivity contribution in [2.75, 3.05) is 78.6 Å². The van der Waals surface area contributed by atoms with E-state index in [0.29, 0.717) is 140 Å². The normalized spacial score (nSPS) is 15.9. The number of hydrogen-bond acceptors (Lipinski definition) is 21. The molecule has 518 valence electrons. The molecular weight excluding hydrogens is 1300 g/mol. The van der Waals surface area contributed by atoms with E-state index in [0.717, 1.165) is 62.5 Å². The maximum absolute atomic E-state index is 12.7. The lowest BCUT2D eigenvalue weighted by molar-refractivity contribution is 0.0809. The van der Waals surface area contributed by atoms with Crippen molar-refractivity contribution >= 4 is 63.8 Å². The predicted octanol–water partition coefficient (Wildman–Crippen LogP) is 9.85. The predicted molar refractivity (Wildman–Crippen MR) is 374 cm³/mol. The number of Topliss-reactive ketones (excluding diaryl/α,β-unsaturated/α-hetero) is 10. The molecule has 26 heteroatoms. The molecule has 17 rings (SSSR count). The topological polar surface area (TPSA) is 330 Å². The van der Waals surface area contributed by atoms with E-state index in [1.807, 2.05) is 75.0 Å². The number of fused-ring (bicyclic) bond motifs is 15. The number of ether oxygens (including phenoxy) is 3. The number of benzene rings is 5. The molecule has 7 aliphatic rings. The highest BCUT2D eigenvalue weighted by atomic mass is 16.5. The Morgan fingerprint density at radius 1 is 0.480 bits per heavy atom. The first-order chi connectivity index (χ1) is 49.2. The zero-order valence-corrected chi connectivity index (χ0v) is 57.3. The second kappa shape index (κ2) is 28.4. The van der Waals surface area contributed by atoms with Crippen molar-refractivity contribution in [3.8, 4) is 68.3 Å². The number of anilines is 1. The van der Waals surface area contributed by atoms with Gasteiger partial charge in [-0.3, -0.25) is 52.5 Å². The van der Waals surface area contributed by atoms with E-state index in [1.54, 1.807) is 85.9 Å². The van der Waals surface area contributed by atoms with Crippen molar-refractivity contribution in [2.24, 2.45) is 7.05 Å². The highest BCUT2D eigenvalue weighted by Crippen LogP contribution is 2.40. The molecule has 10 aromatic rings.